The van der Waals surface area contributed by atoms with Crippen LogP contribution in [0.15, 0.2) is 72.8 Å². The quantitative estimate of drug-likeness (QED) is 0.125. The smallest absolute Gasteiger partial charge is 0.343 e. The van der Waals surface area contributed by atoms with E-state index < -0.39 is 0 Å². The number of benzene rings is 3. The molecular weight excluding hydrogens is 428 g/mol. The van der Waals surface area contributed by atoms with Gasteiger partial charge in [0, 0.05) is 0 Å². The van der Waals surface area contributed by atoms with Crippen molar-refractivity contribution in [2.24, 2.45) is 0 Å². The Morgan fingerprint density at radius 3 is 1.46 bits per heavy atom. The third-order valence-electron chi connectivity index (χ3n) is 6.68. The van der Waals surface area contributed by atoms with Gasteiger partial charge in [0.2, 0.25) is 0 Å². The molecule has 3 aromatic rings. The lowest BCUT2D eigenvalue weighted by Crippen LogP contribution is -2.08. The van der Waals surface area contributed by atoms with Crippen LogP contribution in [-0.4, -0.2) is 5.97 Å². The van der Waals surface area contributed by atoms with Crippen LogP contribution in [0.3, 0.4) is 0 Å². The van der Waals surface area contributed by atoms with Gasteiger partial charge in [0.1, 0.15) is 5.75 Å². The molecule has 35 heavy (non-hydrogen) atoms. The Hall–Kier alpha value is -2.87. The van der Waals surface area contributed by atoms with Gasteiger partial charge >= 0.3 is 5.97 Å². The summed E-state index contributed by atoms with van der Waals surface area (Å²) in [7, 11) is 0. The minimum absolute atomic E-state index is 0.317. The van der Waals surface area contributed by atoms with Crippen LogP contribution in [0.4, 0.5) is 0 Å². The fourth-order valence-corrected chi connectivity index (χ4v) is 4.42. The average molecular weight is 471 g/mol. The van der Waals surface area contributed by atoms with Crippen molar-refractivity contribution in [2.45, 2.75) is 90.9 Å². The largest absolute Gasteiger partial charge is 0.423 e. The fourth-order valence-electron chi connectivity index (χ4n) is 4.42. The van der Waals surface area contributed by atoms with Crippen LogP contribution in [0.5, 0.6) is 5.75 Å². The molecule has 0 fully saturated rings. The summed E-state index contributed by atoms with van der Waals surface area (Å²) in [4.78, 5) is 12.6. The number of ether oxygens (including phenoxy) is 1. The number of hydrogen-bond acceptors (Lipinski definition) is 2. The summed E-state index contributed by atoms with van der Waals surface area (Å²) in [5, 5.41) is 0. The Balaban J connectivity index is 1.47. The molecule has 0 saturated carbocycles. The van der Waals surface area contributed by atoms with E-state index in [1.807, 2.05) is 36.4 Å². The van der Waals surface area contributed by atoms with Crippen LogP contribution >= 0.6 is 0 Å². The molecule has 0 N–H and O–H groups in total. The van der Waals surface area contributed by atoms with Crippen LogP contribution in [0.1, 0.15) is 99.5 Å². The lowest BCUT2D eigenvalue weighted by Gasteiger charge is -2.08. The van der Waals surface area contributed by atoms with Crippen molar-refractivity contribution in [1.29, 1.82) is 0 Å². The molecule has 0 saturated heterocycles. The Labute approximate surface area is 212 Å². The minimum Gasteiger partial charge on any atom is -0.423 e. The molecule has 0 aromatic heterocycles. The first-order chi connectivity index (χ1) is 17.2. The van der Waals surface area contributed by atoms with E-state index in [4.69, 9.17) is 4.74 Å². The Bertz CT molecular complexity index is 985. The van der Waals surface area contributed by atoms with Crippen molar-refractivity contribution < 1.29 is 9.53 Å². The molecule has 2 heteroatoms. The van der Waals surface area contributed by atoms with E-state index in [9.17, 15) is 4.79 Å². The molecule has 0 aliphatic heterocycles. The van der Waals surface area contributed by atoms with Crippen LogP contribution < -0.4 is 4.74 Å². The molecule has 3 rings (SSSR count). The van der Waals surface area contributed by atoms with Gasteiger partial charge in [0.25, 0.3) is 0 Å². The highest BCUT2D eigenvalue weighted by Gasteiger charge is 2.09. The van der Waals surface area contributed by atoms with Gasteiger partial charge in [-0.2, -0.15) is 0 Å². The van der Waals surface area contributed by atoms with E-state index >= 15 is 0 Å². The highest BCUT2D eigenvalue weighted by molar-refractivity contribution is 5.91. The van der Waals surface area contributed by atoms with Gasteiger partial charge < -0.3 is 4.74 Å². The van der Waals surface area contributed by atoms with E-state index in [0.29, 0.717) is 11.3 Å². The Kier molecular flexibility index (Phi) is 11.6. The molecule has 186 valence electrons. The highest BCUT2D eigenvalue weighted by Crippen LogP contribution is 2.22. The number of rotatable bonds is 15. The van der Waals surface area contributed by atoms with Gasteiger partial charge in [0.15, 0.2) is 0 Å². The predicted octanol–water partition coefficient (Wildman–Crippen LogP) is 9.60. The fraction of sp³-hybridized carbons (Fsp3) is 0.424. The summed E-state index contributed by atoms with van der Waals surface area (Å²) in [5.74, 6) is 0.279. The molecule has 0 spiro atoms. The topological polar surface area (TPSA) is 26.3 Å². The summed E-state index contributed by atoms with van der Waals surface area (Å²) in [5.41, 5.74) is 5.54. The van der Waals surface area contributed by atoms with Gasteiger partial charge in [0.05, 0.1) is 5.56 Å². The van der Waals surface area contributed by atoms with Crippen LogP contribution in [0.2, 0.25) is 0 Å². The maximum Gasteiger partial charge on any atom is 0.343 e. The first-order valence-corrected chi connectivity index (χ1v) is 13.7. The number of hydrogen-bond donors (Lipinski definition) is 0. The average Bonchev–Trinajstić information content (AvgIpc) is 2.90. The highest BCUT2D eigenvalue weighted by atomic mass is 16.5. The SMILES string of the molecule is CCCCCCCc1ccc(OC(=O)c2ccc(-c3ccc(CCCCCCC)cc3)cc2)cc1. The number of carbonyl (C=O) groups excluding carboxylic acids is 1. The molecular formula is C33H42O2. The van der Waals surface area contributed by atoms with Crippen LogP contribution in [0, 0.1) is 0 Å². The summed E-state index contributed by atoms with van der Waals surface area (Å²) >= 11 is 0. The van der Waals surface area contributed by atoms with Crippen molar-refractivity contribution in [3.8, 4) is 16.9 Å². The Morgan fingerprint density at radius 2 is 0.971 bits per heavy atom. The summed E-state index contributed by atoms with van der Waals surface area (Å²) in [6, 6.07) is 24.5. The zero-order valence-corrected chi connectivity index (χ0v) is 21.7. The summed E-state index contributed by atoms with van der Waals surface area (Å²) in [6.45, 7) is 4.49. The van der Waals surface area contributed by atoms with E-state index in [2.05, 4.69) is 50.2 Å². The molecule has 3 aromatic carbocycles. The number of aryl methyl sites for hydroxylation is 2. The second-order valence-corrected chi connectivity index (χ2v) is 9.64. The summed E-state index contributed by atoms with van der Waals surface area (Å²) in [6.07, 6.45) is 15.2. The van der Waals surface area contributed by atoms with Gasteiger partial charge in [-0.25, -0.2) is 4.79 Å². The monoisotopic (exact) mass is 470 g/mol. The van der Waals surface area contributed by atoms with Crippen molar-refractivity contribution in [3.05, 3.63) is 89.5 Å². The zero-order chi connectivity index (χ0) is 24.7. The number of esters is 1. The second-order valence-electron chi connectivity index (χ2n) is 9.64. The molecule has 0 radical (unpaired) electrons. The van der Waals surface area contributed by atoms with Crippen molar-refractivity contribution in [1.82, 2.24) is 0 Å². The molecule has 2 nitrogen and oxygen atoms in total. The lowest BCUT2D eigenvalue weighted by atomic mass is 10.00. The van der Waals surface area contributed by atoms with E-state index in [0.717, 1.165) is 18.4 Å². The molecule has 0 aliphatic carbocycles. The van der Waals surface area contributed by atoms with E-state index in [1.165, 1.54) is 80.9 Å². The normalized spacial score (nSPS) is 10.9. The maximum absolute atomic E-state index is 12.6. The van der Waals surface area contributed by atoms with E-state index in [1.54, 1.807) is 0 Å². The maximum atomic E-state index is 12.6. The minimum atomic E-state index is -0.317. The molecule has 0 atom stereocenters. The molecule has 0 amide bonds. The van der Waals surface area contributed by atoms with Crippen molar-refractivity contribution >= 4 is 5.97 Å². The first kappa shape index (κ1) is 26.7. The van der Waals surface area contributed by atoms with Gasteiger partial charge in [-0.15, -0.1) is 0 Å². The lowest BCUT2D eigenvalue weighted by molar-refractivity contribution is 0.0734. The van der Waals surface area contributed by atoms with Crippen molar-refractivity contribution in [2.75, 3.05) is 0 Å². The van der Waals surface area contributed by atoms with Crippen molar-refractivity contribution in [3.63, 3.8) is 0 Å². The molecule has 0 heterocycles. The van der Waals surface area contributed by atoms with E-state index in [-0.39, 0.29) is 5.97 Å². The number of carbonyl (C=O) groups is 1. The summed E-state index contributed by atoms with van der Waals surface area (Å²) < 4.78 is 5.60. The third kappa shape index (κ3) is 9.36. The number of unbranched alkanes of at least 4 members (excludes halogenated alkanes) is 8. The zero-order valence-electron chi connectivity index (χ0n) is 21.7. The van der Waals surface area contributed by atoms with Crippen LogP contribution in [-0.2, 0) is 12.8 Å². The molecule has 0 bridgehead atoms. The van der Waals surface area contributed by atoms with Gasteiger partial charge in [-0.3, -0.25) is 0 Å². The second kappa shape index (κ2) is 15.2. The molecule has 0 aliphatic rings. The van der Waals surface area contributed by atoms with Crippen LogP contribution in [0.25, 0.3) is 11.1 Å². The predicted molar refractivity (Wildman–Crippen MR) is 148 cm³/mol. The van der Waals surface area contributed by atoms with Gasteiger partial charge in [-0.1, -0.05) is 114 Å². The first-order valence-electron chi connectivity index (χ1n) is 13.7. The Morgan fingerprint density at radius 1 is 0.543 bits per heavy atom. The standard InChI is InChI=1S/C33H42O2/c1-3-5-7-9-11-13-27-15-19-29(20-16-27)30-21-23-31(24-22-30)33(34)35-32-25-17-28(18-26-32)14-12-10-8-6-4-2/h15-26H,3-14H2,1-2H3. The molecule has 0 unspecified atom stereocenters. The third-order valence-corrected chi connectivity index (χ3v) is 6.68. The van der Waals surface area contributed by atoms with Gasteiger partial charge in [-0.05, 0) is 72.2 Å².